The van der Waals surface area contributed by atoms with Crippen LogP contribution in [0.5, 0.6) is 0 Å². The molecule has 0 saturated carbocycles. The van der Waals surface area contributed by atoms with Gasteiger partial charge in [-0.3, -0.25) is 14.1 Å². The number of benzene rings is 2. The molecule has 1 unspecified atom stereocenters. The molecule has 0 amide bonds. The molecule has 12 heteroatoms. The second-order valence-corrected chi connectivity index (χ2v) is 7.36. The highest BCUT2D eigenvalue weighted by atomic mass is 32.2. The van der Waals surface area contributed by atoms with Crippen molar-refractivity contribution in [3.8, 4) is 17.6 Å². The van der Waals surface area contributed by atoms with E-state index in [0.717, 1.165) is 5.52 Å². The number of aromatic nitrogens is 4. The lowest BCUT2D eigenvalue weighted by Crippen LogP contribution is -2.12. The molecule has 0 bridgehead atoms. The van der Waals surface area contributed by atoms with Crippen LogP contribution in [0.25, 0.3) is 22.6 Å². The Labute approximate surface area is 184 Å². The molecule has 3 N–H and O–H groups in total. The summed E-state index contributed by atoms with van der Waals surface area (Å²) in [5.41, 5.74) is 2.57. The number of nitrogens with zero attached hydrogens (tertiary/aromatic N) is 5. The van der Waals surface area contributed by atoms with E-state index in [4.69, 9.17) is 14.4 Å². The first-order valence-electron chi connectivity index (χ1n) is 9.46. The first-order chi connectivity index (χ1) is 15.6. The monoisotopic (exact) mass is 451 g/mol. The van der Waals surface area contributed by atoms with E-state index in [2.05, 4.69) is 25.3 Å². The fraction of sp³-hybridized carbons (Fsp3) is 0.150. The summed E-state index contributed by atoms with van der Waals surface area (Å²) < 4.78 is 28.7. The quantitative estimate of drug-likeness (QED) is 0.197. The van der Waals surface area contributed by atoms with Crippen molar-refractivity contribution in [1.29, 1.82) is 5.26 Å². The predicted molar refractivity (Wildman–Crippen MR) is 117 cm³/mol. The number of ketones is 1. The topological polar surface area (TPSA) is 159 Å². The maximum atomic E-state index is 13.0. The highest BCUT2D eigenvalue weighted by molar-refractivity contribution is 7.80. The average molecular weight is 451 g/mol. The van der Waals surface area contributed by atoms with Crippen molar-refractivity contribution in [2.45, 2.75) is 13.0 Å². The van der Waals surface area contributed by atoms with Crippen molar-refractivity contribution < 1.29 is 18.2 Å². The number of carbonyl (C=O) groups excluding carboxylic acids is 1. The SMILES string of the molecule is N#CCCNc1nonc1-c1nc2ccccc2n1CC(=O)c1ccc(NS(=O)O)cc1. The maximum Gasteiger partial charge on any atom is 0.259 e. The molecule has 4 rings (SSSR count). The van der Waals surface area contributed by atoms with Gasteiger partial charge in [0.1, 0.15) is 0 Å². The lowest BCUT2D eigenvalue weighted by atomic mass is 10.1. The van der Waals surface area contributed by atoms with Crippen LogP contribution in [0.4, 0.5) is 11.5 Å². The van der Waals surface area contributed by atoms with Gasteiger partial charge in [-0.25, -0.2) is 13.8 Å². The third kappa shape index (κ3) is 4.48. The molecule has 32 heavy (non-hydrogen) atoms. The first kappa shape index (κ1) is 21.2. The smallest absolute Gasteiger partial charge is 0.259 e. The van der Waals surface area contributed by atoms with Crippen LogP contribution in [0.3, 0.4) is 0 Å². The van der Waals surface area contributed by atoms with Crippen LogP contribution in [0, 0.1) is 11.3 Å². The number of nitrogens with one attached hydrogen (secondary N) is 2. The largest absolute Gasteiger partial charge is 0.364 e. The molecule has 0 radical (unpaired) electrons. The van der Waals surface area contributed by atoms with Crippen LogP contribution in [0.1, 0.15) is 16.8 Å². The van der Waals surface area contributed by atoms with E-state index in [9.17, 15) is 9.00 Å². The van der Waals surface area contributed by atoms with Gasteiger partial charge in [0.15, 0.2) is 17.3 Å². The van der Waals surface area contributed by atoms with Crippen LogP contribution >= 0.6 is 0 Å². The third-order valence-electron chi connectivity index (χ3n) is 4.60. The van der Waals surface area contributed by atoms with Crippen molar-refractivity contribution in [3.05, 3.63) is 54.1 Å². The number of nitriles is 1. The molecule has 4 aromatic rings. The second kappa shape index (κ2) is 9.38. The van der Waals surface area contributed by atoms with Gasteiger partial charge in [0.25, 0.3) is 11.3 Å². The van der Waals surface area contributed by atoms with Crippen molar-refractivity contribution in [3.63, 3.8) is 0 Å². The molecular weight excluding hydrogens is 434 g/mol. The zero-order valence-corrected chi connectivity index (χ0v) is 17.4. The molecule has 0 aliphatic carbocycles. The number of anilines is 2. The van der Waals surface area contributed by atoms with Crippen molar-refractivity contribution in [1.82, 2.24) is 19.9 Å². The van der Waals surface area contributed by atoms with Crippen LogP contribution in [-0.2, 0) is 17.8 Å². The Morgan fingerprint density at radius 2 is 1.97 bits per heavy atom. The Kier molecular flexibility index (Phi) is 6.20. The van der Waals surface area contributed by atoms with Gasteiger partial charge < -0.3 is 9.88 Å². The summed E-state index contributed by atoms with van der Waals surface area (Å²) >= 11 is -2.19. The van der Waals surface area contributed by atoms with Gasteiger partial charge in [-0.2, -0.15) is 5.26 Å². The van der Waals surface area contributed by atoms with Crippen molar-refractivity contribution in [2.24, 2.45) is 0 Å². The summed E-state index contributed by atoms with van der Waals surface area (Å²) in [5.74, 6) is 0.535. The molecule has 162 valence electrons. The van der Waals surface area contributed by atoms with Crippen LogP contribution in [-0.4, -0.2) is 41.0 Å². The van der Waals surface area contributed by atoms with E-state index in [0.29, 0.717) is 40.6 Å². The minimum absolute atomic E-state index is 0.0287. The molecule has 11 nitrogen and oxygen atoms in total. The summed E-state index contributed by atoms with van der Waals surface area (Å²) in [5, 5.41) is 19.5. The Morgan fingerprint density at radius 1 is 1.19 bits per heavy atom. The molecule has 0 spiro atoms. The highest BCUT2D eigenvalue weighted by Gasteiger charge is 2.22. The van der Waals surface area contributed by atoms with E-state index in [1.165, 1.54) is 0 Å². The first-order valence-corrected chi connectivity index (χ1v) is 10.6. The van der Waals surface area contributed by atoms with Gasteiger partial charge in [-0.05, 0) is 46.7 Å². The molecule has 0 aliphatic heterocycles. The van der Waals surface area contributed by atoms with Crippen molar-refractivity contribution >= 4 is 39.6 Å². The van der Waals surface area contributed by atoms with Crippen LogP contribution in [0.15, 0.2) is 53.2 Å². The second-order valence-electron chi connectivity index (χ2n) is 6.66. The summed E-state index contributed by atoms with van der Waals surface area (Å²) in [6, 6.07) is 15.6. The van der Waals surface area contributed by atoms with E-state index in [1.54, 1.807) is 28.8 Å². The van der Waals surface area contributed by atoms with Gasteiger partial charge in [-0.15, -0.1) is 0 Å². The fourth-order valence-electron chi connectivity index (χ4n) is 3.16. The van der Waals surface area contributed by atoms with Gasteiger partial charge in [0, 0.05) is 17.8 Å². The number of carbonyl (C=O) groups is 1. The number of fused-ring (bicyclic) bond motifs is 1. The molecule has 0 aliphatic rings. The summed E-state index contributed by atoms with van der Waals surface area (Å²) in [6.07, 6.45) is 0.274. The number of imidazole rings is 1. The Bertz CT molecular complexity index is 1320. The van der Waals surface area contributed by atoms with Gasteiger partial charge in [0.05, 0.1) is 30.1 Å². The fourth-order valence-corrected chi connectivity index (χ4v) is 3.50. The zero-order chi connectivity index (χ0) is 22.5. The third-order valence-corrected chi connectivity index (χ3v) is 5.01. The molecule has 2 heterocycles. The van der Waals surface area contributed by atoms with E-state index < -0.39 is 11.3 Å². The molecule has 0 saturated heterocycles. The predicted octanol–water partition coefficient (Wildman–Crippen LogP) is 2.84. The lowest BCUT2D eigenvalue weighted by molar-refractivity contribution is 0.0974. The number of hydrogen-bond donors (Lipinski definition) is 3. The molecular formula is C20H17N7O4S. The van der Waals surface area contributed by atoms with E-state index in [-0.39, 0.29) is 18.7 Å². The number of para-hydroxylation sites is 2. The van der Waals surface area contributed by atoms with Gasteiger partial charge in [-0.1, -0.05) is 12.1 Å². The minimum atomic E-state index is -2.19. The van der Waals surface area contributed by atoms with E-state index in [1.807, 2.05) is 30.3 Å². The molecule has 0 fully saturated rings. The van der Waals surface area contributed by atoms with Crippen LogP contribution < -0.4 is 10.0 Å². The zero-order valence-electron chi connectivity index (χ0n) is 16.6. The number of hydrogen-bond acceptors (Lipinski definition) is 8. The average Bonchev–Trinajstić information content (AvgIpc) is 3.38. The van der Waals surface area contributed by atoms with Crippen molar-refractivity contribution in [2.75, 3.05) is 16.6 Å². The Balaban J connectivity index is 1.67. The highest BCUT2D eigenvalue weighted by Crippen LogP contribution is 2.28. The summed E-state index contributed by atoms with van der Waals surface area (Å²) in [6.45, 7) is 0.328. The number of Topliss-reactive ketones (excluding diaryl/α,β-unsaturated/α-hetero) is 1. The maximum absolute atomic E-state index is 13.0. The van der Waals surface area contributed by atoms with Gasteiger partial charge >= 0.3 is 0 Å². The Morgan fingerprint density at radius 3 is 2.72 bits per heavy atom. The van der Waals surface area contributed by atoms with Gasteiger partial charge in [0.2, 0.25) is 5.82 Å². The molecule has 2 aromatic heterocycles. The summed E-state index contributed by atoms with van der Waals surface area (Å²) in [7, 11) is 0. The standard InChI is InChI=1S/C20H17N7O4S/c21-10-3-11-22-19-18(24-31-25-19)20-23-15-4-1-2-5-16(15)27(20)12-17(28)13-6-8-14(9-7-13)26-32(29)30/h1-2,4-9,26H,3,11-12H2,(H,22,25)(H,29,30). The lowest BCUT2D eigenvalue weighted by Gasteiger charge is -2.09. The Hall–Kier alpha value is -4.08. The van der Waals surface area contributed by atoms with E-state index >= 15 is 0 Å². The number of rotatable bonds is 9. The minimum Gasteiger partial charge on any atom is -0.364 e. The molecule has 1 atom stereocenters. The normalized spacial score (nSPS) is 11.8. The van der Waals surface area contributed by atoms with Crippen LogP contribution in [0.2, 0.25) is 0 Å². The summed E-state index contributed by atoms with van der Waals surface area (Å²) in [4.78, 5) is 17.6. The molecule has 2 aromatic carbocycles.